The normalized spacial score (nSPS) is 9.94. The Morgan fingerprint density at radius 2 is 1.83 bits per heavy atom. The first kappa shape index (κ1) is 14.8. The number of nitrogens with one attached hydrogen (secondary N) is 2. The summed E-state index contributed by atoms with van der Waals surface area (Å²) >= 11 is 11.7. The van der Waals surface area contributed by atoms with Crippen LogP contribution in [0.25, 0.3) is 0 Å². The summed E-state index contributed by atoms with van der Waals surface area (Å²) in [6.45, 7) is 2.44. The highest BCUT2D eigenvalue weighted by Gasteiger charge is 2.11. The largest absolute Gasteiger partial charge is 0.356 e. The zero-order valence-corrected chi connectivity index (χ0v) is 11.4. The second-order valence-electron chi connectivity index (χ2n) is 3.69. The molecule has 0 unspecified atom stereocenters. The van der Waals surface area contributed by atoms with Crippen molar-refractivity contribution in [3.63, 3.8) is 0 Å². The highest BCUT2D eigenvalue weighted by Crippen LogP contribution is 2.25. The third-order valence-electron chi connectivity index (χ3n) is 2.21. The standard InChI is InChI=1S/C12H14Cl2N2O2/c1-8(17)15-6-3-7-16-12(18)9-4-2-5-10(13)11(9)14/h2,4-5H,3,6-7H2,1H3,(H,15,17)(H,16,18). The molecule has 0 spiro atoms. The van der Waals surface area contributed by atoms with Crippen LogP contribution in [0, 0.1) is 0 Å². The molecule has 0 atom stereocenters. The minimum atomic E-state index is -0.273. The maximum absolute atomic E-state index is 11.8. The van der Waals surface area contributed by atoms with Gasteiger partial charge in [0.1, 0.15) is 0 Å². The number of halogens is 2. The van der Waals surface area contributed by atoms with Gasteiger partial charge >= 0.3 is 0 Å². The van der Waals surface area contributed by atoms with Gasteiger partial charge in [0, 0.05) is 20.0 Å². The smallest absolute Gasteiger partial charge is 0.252 e. The number of hydrogen-bond donors (Lipinski definition) is 2. The Labute approximate surface area is 116 Å². The topological polar surface area (TPSA) is 58.2 Å². The van der Waals surface area contributed by atoms with Crippen LogP contribution in [-0.4, -0.2) is 24.9 Å². The molecule has 18 heavy (non-hydrogen) atoms. The molecule has 2 amide bonds. The number of hydrogen-bond acceptors (Lipinski definition) is 2. The van der Waals surface area contributed by atoms with Gasteiger partial charge in [-0.15, -0.1) is 0 Å². The van der Waals surface area contributed by atoms with Crippen molar-refractivity contribution < 1.29 is 9.59 Å². The molecule has 0 heterocycles. The molecular weight excluding hydrogens is 275 g/mol. The zero-order valence-electron chi connectivity index (χ0n) is 9.93. The van der Waals surface area contributed by atoms with E-state index in [0.29, 0.717) is 30.1 Å². The van der Waals surface area contributed by atoms with Crippen molar-refractivity contribution >= 4 is 35.0 Å². The van der Waals surface area contributed by atoms with Crippen LogP contribution in [0.15, 0.2) is 18.2 Å². The molecule has 0 saturated heterocycles. The van der Waals surface area contributed by atoms with E-state index in [-0.39, 0.29) is 16.8 Å². The average molecular weight is 289 g/mol. The van der Waals surface area contributed by atoms with Crippen molar-refractivity contribution in [3.05, 3.63) is 33.8 Å². The molecule has 1 aromatic rings. The fourth-order valence-corrected chi connectivity index (χ4v) is 1.72. The Bertz CT molecular complexity index is 450. The first-order chi connectivity index (χ1) is 8.52. The SMILES string of the molecule is CC(=O)NCCCNC(=O)c1cccc(Cl)c1Cl. The first-order valence-electron chi connectivity index (χ1n) is 5.49. The summed E-state index contributed by atoms with van der Waals surface area (Å²) in [5.74, 6) is -0.357. The average Bonchev–Trinajstić information content (AvgIpc) is 2.31. The molecule has 98 valence electrons. The fraction of sp³-hybridized carbons (Fsp3) is 0.333. The lowest BCUT2D eigenvalue weighted by molar-refractivity contribution is -0.118. The fourth-order valence-electron chi connectivity index (χ4n) is 1.33. The van der Waals surface area contributed by atoms with Gasteiger partial charge in [-0.3, -0.25) is 9.59 Å². The summed E-state index contributed by atoms with van der Waals surface area (Å²) in [6, 6.07) is 4.90. The minimum Gasteiger partial charge on any atom is -0.356 e. The minimum absolute atomic E-state index is 0.0841. The van der Waals surface area contributed by atoms with Crippen LogP contribution in [-0.2, 0) is 4.79 Å². The van der Waals surface area contributed by atoms with Crippen LogP contribution in [0.5, 0.6) is 0 Å². The van der Waals surface area contributed by atoms with Crippen molar-refractivity contribution in [1.29, 1.82) is 0 Å². The van der Waals surface area contributed by atoms with Gasteiger partial charge in [0.2, 0.25) is 5.91 Å². The lowest BCUT2D eigenvalue weighted by atomic mass is 10.2. The molecule has 0 aliphatic rings. The van der Waals surface area contributed by atoms with E-state index in [1.807, 2.05) is 0 Å². The summed E-state index contributed by atoms with van der Waals surface area (Å²) in [5.41, 5.74) is 0.351. The Balaban J connectivity index is 2.41. The van der Waals surface area contributed by atoms with Gasteiger partial charge in [-0.2, -0.15) is 0 Å². The van der Waals surface area contributed by atoms with Gasteiger partial charge in [0.05, 0.1) is 15.6 Å². The number of benzene rings is 1. The number of carbonyl (C=O) groups excluding carboxylic acids is 2. The third-order valence-corrected chi connectivity index (χ3v) is 3.03. The van der Waals surface area contributed by atoms with Crippen molar-refractivity contribution in [1.82, 2.24) is 10.6 Å². The molecule has 0 aliphatic heterocycles. The van der Waals surface area contributed by atoms with E-state index in [9.17, 15) is 9.59 Å². The molecule has 0 bridgehead atoms. The van der Waals surface area contributed by atoms with Crippen LogP contribution >= 0.6 is 23.2 Å². The van der Waals surface area contributed by atoms with Crippen molar-refractivity contribution in [3.8, 4) is 0 Å². The van der Waals surface area contributed by atoms with E-state index < -0.39 is 0 Å². The van der Waals surface area contributed by atoms with E-state index >= 15 is 0 Å². The monoisotopic (exact) mass is 288 g/mol. The highest BCUT2D eigenvalue weighted by molar-refractivity contribution is 6.43. The van der Waals surface area contributed by atoms with E-state index in [2.05, 4.69) is 10.6 Å². The lowest BCUT2D eigenvalue weighted by Gasteiger charge is -2.07. The van der Waals surface area contributed by atoms with Crippen LogP contribution < -0.4 is 10.6 Å². The number of amides is 2. The summed E-state index contributed by atoms with van der Waals surface area (Å²) < 4.78 is 0. The zero-order chi connectivity index (χ0) is 13.5. The van der Waals surface area contributed by atoms with Gasteiger partial charge in [-0.05, 0) is 18.6 Å². The highest BCUT2D eigenvalue weighted by atomic mass is 35.5. The molecule has 0 radical (unpaired) electrons. The summed E-state index contributed by atoms with van der Waals surface area (Å²) in [7, 11) is 0. The molecule has 4 nitrogen and oxygen atoms in total. The maximum atomic E-state index is 11.8. The van der Waals surface area contributed by atoms with E-state index in [1.165, 1.54) is 6.92 Å². The Kier molecular flexibility index (Phi) is 5.95. The van der Waals surface area contributed by atoms with E-state index in [0.717, 1.165) is 0 Å². The molecule has 0 aliphatic carbocycles. The van der Waals surface area contributed by atoms with Gasteiger partial charge in [0.25, 0.3) is 5.91 Å². The molecule has 2 N–H and O–H groups in total. The molecular formula is C12H14Cl2N2O2. The molecule has 6 heteroatoms. The van der Waals surface area contributed by atoms with Crippen molar-refractivity contribution in [2.24, 2.45) is 0 Å². The van der Waals surface area contributed by atoms with Crippen molar-refractivity contribution in [2.45, 2.75) is 13.3 Å². The quantitative estimate of drug-likeness (QED) is 0.817. The summed E-state index contributed by atoms with van der Waals surface area (Å²) in [5, 5.41) is 5.95. The molecule has 1 rings (SSSR count). The second kappa shape index (κ2) is 7.24. The Morgan fingerprint density at radius 3 is 2.50 bits per heavy atom. The molecule has 0 fully saturated rings. The predicted molar refractivity (Wildman–Crippen MR) is 72.1 cm³/mol. The third kappa shape index (κ3) is 4.55. The maximum Gasteiger partial charge on any atom is 0.252 e. The second-order valence-corrected chi connectivity index (χ2v) is 4.48. The van der Waals surface area contributed by atoms with Crippen LogP contribution in [0.3, 0.4) is 0 Å². The van der Waals surface area contributed by atoms with Crippen LogP contribution in [0.4, 0.5) is 0 Å². The van der Waals surface area contributed by atoms with Crippen LogP contribution in [0.1, 0.15) is 23.7 Å². The lowest BCUT2D eigenvalue weighted by Crippen LogP contribution is -2.28. The van der Waals surface area contributed by atoms with Gasteiger partial charge in [0.15, 0.2) is 0 Å². The predicted octanol–water partition coefficient (Wildman–Crippen LogP) is 2.25. The van der Waals surface area contributed by atoms with E-state index in [4.69, 9.17) is 23.2 Å². The molecule has 0 saturated carbocycles. The first-order valence-corrected chi connectivity index (χ1v) is 6.24. The van der Waals surface area contributed by atoms with E-state index in [1.54, 1.807) is 18.2 Å². The Hall–Kier alpha value is -1.26. The summed E-state index contributed by atoms with van der Waals surface area (Å²) in [4.78, 5) is 22.4. The molecule has 1 aromatic carbocycles. The van der Waals surface area contributed by atoms with Crippen LogP contribution in [0.2, 0.25) is 10.0 Å². The van der Waals surface area contributed by atoms with Gasteiger partial charge in [-0.1, -0.05) is 29.3 Å². The number of rotatable bonds is 5. The van der Waals surface area contributed by atoms with Gasteiger partial charge in [-0.25, -0.2) is 0 Å². The van der Waals surface area contributed by atoms with Crippen molar-refractivity contribution in [2.75, 3.05) is 13.1 Å². The van der Waals surface area contributed by atoms with Gasteiger partial charge < -0.3 is 10.6 Å². The summed E-state index contributed by atoms with van der Waals surface area (Å²) in [6.07, 6.45) is 0.656. The number of carbonyl (C=O) groups is 2. The Morgan fingerprint density at radius 1 is 1.17 bits per heavy atom. The molecule has 0 aromatic heterocycles.